The molecule has 5 aromatic carbocycles. The van der Waals surface area contributed by atoms with E-state index in [4.69, 9.17) is 18.9 Å². The minimum atomic E-state index is -0.0815. The van der Waals surface area contributed by atoms with Crippen LogP contribution in [0, 0.1) is 0 Å². The smallest absolute Gasteiger partial charge is 0.258 e. The van der Waals surface area contributed by atoms with Gasteiger partial charge in [0.25, 0.3) is 11.8 Å². The van der Waals surface area contributed by atoms with E-state index in [-0.39, 0.29) is 11.8 Å². The highest BCUT2D eigenvalue weighted by molar-refractivity contribution is 6.09. The van der Waals surface area contributed by atoms with Crippen LogP contribution in [0.25, 0.3) is 21.5 Å². The van der Waals surface area contributed by atoms with Crippen LogP contribution in [0.3, 0.4) is 0 Å². The number of anilines is 2. The largest absolute Gasteiger partial charge is 0.493 e. The van der Waals surface area contributed by atoms with Crippen molar-refractivity contribution in [1.82, 2.24) is 0 Å². The molecule has 0 radical (unpaired) electrons. The van der Waals surface area contributed by atoms with Gasteiger partial charge in [0.1, 0.15) is 11.5 Å². The van der Waals surface area contributed by atoms with Crippen LogP contribution in [0.5, 0.6) is 11.5 Å². The van der Waals surface area contributed by atoms with Crippen molar-refractivity contribution >= 4 is 44.7 Å². The van der Waals surface area contributed by atoms with Crippen molar-refractivity contribution in [3.63, 3.8) is 0 Å². The zero-order valence-corrected chi connectivity index (χ0v) is 27.4. The monoisotopic (exact) mass is 644 g/mol. The molecule has 2 saturated heterocycles. The molecule has 0 N–H and O–H groups in total. The summed E-state index contributed by atoms with van der Waals surface area (Å²) in [6.07, 6.45) is 2.47. The van der Waals surface area contributed by atoms with Gasteiger partial charge >= 0.3 is 0 Å². The molecule has 5 aromatic rings. The van der Waals surface area contributed by atoms with Crippen LogP contribution < -0.4 is 19.3 Å². The van der Waals surface area contributed by atoms with E-state index >= 15 is 0 Å². The molecule has 2 heterocycles. The summed E-state index contributed by atoms with van der Waals surface area (Å²) in [6, 6.07) is 31.0. The topological polar surface area (TPSA) is 84.1 Å². The molecular formula is C40H40N2O6. The van der Waals surface area contributed by atoms with E-state index in [1.54, 1.807) is 9.80 Å². The summed E-state index contributed by atoms with van der Waals surface area (Å²) in [6.45, 7) is 7.83. The summed E-state index contributed by atoms with van der Waals surface area (Å²) >= 11 is 0. The maximum atomic E-state index is 13.7. The fourth-order valence-corrected chi connectivity index (χ4v) is 5.99. The quantitative estimate of drug-likeness (QED) is 0.115. The number of carbonyl (C=O) groups excluding carboxylic acids is 2. The number of rotatable bonds is 14. The minimum Gasteiger partial charge on any atom is -0.493 e. The van der Waals surface area contributed by atoms with Crippen molar-refractivity contribution in [3.8, 4) is 11.5 Å². The zero-order valence-electron chi connectivity index (χ0n) is 27.4. The van der Waals surface area contributed by atoms with Crippen molar-refractivity contribution < 1.29 is 28.5 Å². The van der Waals surface area contributed by atoms with E-state index in [9.17, 15) is 9.59 Å². The molecule has 2 unspecified atom stereocenters. The lowest BCUT2D eigenvalue weighted by molar-refractivity contribution is 0.0980. The molecule has 2 atom stereocenters. The van der Waals surface area contributed by atoms with Gasteiger partial charge in [0.2, 0.25) is 0 Å². The molecule has 0 aliphatic carbocycles. The van der Waals surface area contributed by atoms with Crippen molar-refractivity contribution in [2.75, 3.05) is 49.3 Å². The maximum absolute atomic E-state index is 13.7. The molecule has 0 aromatic heterocycles. The summed E-state index contributed by atoms with van der Waals surface area (Å²) in [5.41, 5.74) is 2.76. The van der Waals surface area contributed by atoms with Gasteiger partial charge in [-0.25, -0.2) is 0 Å². The predicted molar refractivity (Wildman–Crippen MR) is 189 cm³/mol. The molecule has 246 valence electrons. The Morgan fingerprint density at radius 2 is 0.958 bits per heavy atom. The number of amides is 2. The van der Waals surface area contributed by atoms with E-state index in [0.717, 1.165) is 70.5 Å². The molecule has 8 heteroatoms. The Bertz CT molecular complexity index is 1790. The van der Waals surface area contributed by atoms with E-state index in [1.165, 1.54) is 0 Å². The fraction of sp³-hybridized carbons (Fsp3) is 0.300. The standard InChI is InChI=1S/C40H40N2O6/c1-3-41(39(43)31-7-5-29-23-35(15-9-27(29)21-31)45-19-17-37-25-47-37)33-11-13-34(14-12-33)42(4-2)40(44)32-8-6-30-24-36(16-10-28(30)22-32)46-20-18-38-26-48-38/h5-16,21-24,37-38H,3-4,17-20,25-26H2,1-2H3. The Balaban J connectivity index is 1.02. The second-order valence-electron chi connectivity index (χ2n) is 12.2. The SMILES string of the molecule is CCN(C(=O)c1ccc2cc(OCCC3CO3)ccc2c1)c1ccc(N(CC)C(=O)c2ccc3cc(OCCC4CO4)ccc3c2)cc1. The van der Waals surface area contributed by atoms with Crippen molar-refractivity contribution in [3.05, 3.63) is 108 Å². The molecule has 2 fully saturated rings. The second-order valence-corrected chi connectivity index (χ2v) is 12.2. The number of nitrogens with zero attached hydrogens (tertiary/aromatic N) is 2. The van der Waals surface area contributed by atoms with Crippen LogP contribution >= 0.6 is 0 Å². The Morgan fingerprint density at radius 1 is 0.583 bits per heavy atom. The van der Waals surface area contributed by atoms with Crippen molar-refractivity contribution in [2.24, 2.45) is 0 Å². The third kappa shape index (κ3) is 7.30. The van der Waals surface area contributed by atoms with E-state index < -0.39 is 0 Å². The Morgan fingerprint density at radius 3 is 1.33 bits per heavy atom. The average molecular weight is 645 g/mol. The number of epoxide rings is 2. The summed E-state index contributed by atoms with van der Waals surface area (Å²) in [4.78, 5) is 30.9. The molecule has 2 aliphatic rings. The summed E-state index contributed by atoms with van der Waals surface area (Å²) < 4.78 is 22.3. The van der Waals surface area contributed by atoms with Gasteiger partial charge in [-0.2, -0.15) is 0 Å². The Kier molecular flexibility index (Phi) is 9.27. The highest BCUT2D eigenvalue weighted by atomic mass is 16.6. The molecule has 8 nitrogen and oxygen atoms in total. The molecule has 48 heavy (non-hydrogen) atoms. The van der Waals surface area contributed by atoms with Gasteiger partial charge in [0.15, 0.2) is 0 Å². The third-order valence-corrected chi connectivity index (χ3v) is 8.93. The third-order valence-electron chi connectivity index (χ3n) is 8.93. The van der Waals surface area contributed by atoms with Gasteiger partial charge in [-0.1, -0.05) is 24.3 Å². The number of fused-ring (bicyclic) bond motifs is 2. The van der Waals surface area contributed by atoms with Crippen LogP contribution in [-0.2, 0) is 9.47 Å². The summed E-state index contributed by atoms with van der Waals surface area (Å²) in [5.74, 6) is 1.46. The lowest BCUT2D eigenvalue weighted by Gasteiger charge is -2.24. The van der Waals surface area contributed by atoms with Gasteiger partial charge in [0.05, 0.1) is 38.6 Å². The summed E-state index contributed by atoms with van der Waals surface area (Å²) in [5, 5.41) is 3.99. The first-order chi connectivity index (χ1) is 23.5. The lowest BCUT2D eigenvalue weighted by Crippen LogP contribution is -2.32. The molecular weight excluding hydrogens is 604 g/mol. The average Bonchev–Trinajstić information content (AvgIpc) is 4.06. The second kappa shape index (κ2) is 14.1. The molecule has 2 aliphatic heterocycles. The molecule has 0 bridgehead atoms. The Labute approximate surface area is 280 Å². The fourth-order valence-electron chi connectivity index (χ4n) is 5.99. The molecule has 0 saturated carbocycles. The number of carbonyl (C=O) groups is 2. The summed E-state index contributed by atoms with van der Waals surface area (Å²) in [7, 11) is 0. The van der Waals surface area contributed by atoms with E-state index in [1.807, 2.05) is 111 Å². The van der Waals surface area contributed by atoms with Gasteiger partial charge in [-0.3, -0.25) is 9.59 Å². The first-order valence-corrected chi connectivity index (χ1v) is 16.8. The highest BCUT2D eigenvalue weighted by Crippen LogP contribution is 2.28. The van der Waals surface area contributed by atoms with E-state index in [0.29, 0.717) is 49.6 Å². The zero-order chi connectivity index (χ0) is 33.0. The maximum Gasteiger partial charge on any atom is 0.258 e. The van der Waals surface area contributed by atoms with Gasteiger partial charge in [-0.05, 0) is 108 Å². The molecule has 0 spiro atoms. The Hall–Kier alpha value is -4.92. The first kappa shape index (κ1) is 31.7. The van der Waals surface area contributed by atoms with Gasteiger partial charge < -0.3 is 28.7 Å². The van der Waals surface area contributed by atoms with Crippen LogP contribution in [0.2, 0.25) is 0 Å². The van der Waals surface area contributed by atoms with Gasteiger partial charge in [0, 0.05) is 48.4 Å². The van der Waals surface area contributed by atoms with Gasteiger partial charge in [-0.15, -0.1) is 0 Å². The van der Waals surface area contributed by atoms with Crippen LogP contribution in [0.4, 0.5) is 11.4 Å². The van der Waals surface area contributed by atoms with Crippen molar-refractivity contribution in [2.45, 2.75) is 38.9 Å². The number of hydrogen-bond acceptors (Lipinski definition) is 6. The van der Waals surface area contributed by atoms with Crippen LogP contribution in [0.15, 0.2) is 97.1 Å². The number of benzene rings is 5. The van der Waals surface area contributed by atoms with Crippen LogP contribution in [-0.4, -0.2) is 63.5 Å². The first-order valence-electron chi connectivity index (χ1n) is 16.8. The number of hydrogen-bond donors (Lipinski definition) is 0. The highest BCUT2D eigenvalue weighted by Gasteiger charge is 2.23. The molecule has 7 rings (SSSR count). The lowest BCUT2D eigenvalue weighted by atomic mass is 10.0. The molecule has 2 amide bonds. The minimum absolute atomic E-state index is 0.0815. The number of ether oxygens (including phenoxy) is 4. The predicted octanol–water partition coefficient (Wildman–Crippen LogP) is 7.66. The van der Waals surface area contributed by atoms with E-state index in [2.05, 4.69) is 0 Å². The van der Waals surface area contributed by atoms with Crippen molar-refractivity contribution in [1.29, 1.82) is 0 Å². The normalized spacial score (nSPS) is 16.5. The van der Waals surface area contributed by atoms with Crippen LogP contribution in [0.1, 0.15) is 47.4 Å².